The zero-order chi connectivity index (χ0) is 20.1. The van der Waals surface area contributed by atoms with Gasteiger partial charge in [-0.15, -0.1) is 0 Å². The minimum atomic E-state index is -1.40. The minimum absolute atomic E-state index is 0.0703. The molecule has 4 heteroatoms. The van der Waals surface area contributed by atoms with E-state index in [1.54, 1.807) is 44.4 Å². The normalized spacial score (nSPS) is 19.4. The number of allylic oxidation sites excluding steroid dienone is 1. The molecule has 0 aliphatic heterocycles. The van der Waals surface area contributed by atoms with Gasteiger partial charge >= 0.3 is 0 Å². The summed E-state index contributed by atoms with van der Waals surface area (Å²) >= 11 is 0. The van der Waals surface area contributed by atoms with Crippen LogP contribution in [0.15, 0.2) is 72.3 Å². The molecule has 0 fully saturated rings. The Bertz CT molecular complexity index is 1010. The van der Waals surface area contributed by atoms with Crippen molar-refractivity contribution in [1.82, 2.24) is 4.90 Å². The van der Waals surface area contributed by atoms with Gasteiger partial charge in [-0.1, -0.05) is 42.2 Å². The molecular weight excluding hydrogens is 350 g/mol. The van der Waals surface area contributed by atoms with E-state index < -0.39 is 5.60 Å². The minimum Gasteiger partial charge on any atom is -0.380 e. The first-order valence-corrected chi connectivity index (χ1v) is 8.93. The molecule has 2 aromatic rings. The van der Waals surface area contributed by atoms with Gasteiger partial charge in [-0.2, -0.15) is 0 Å². The maximum Gasteiger partial charge on any atom is 0.253 e. The van der Waals surface area contributed by atoms with Crippen molar-refractivity contribution in [3.8, 4) is 11.8 Å². The number of nitrogens with zero attached hydrogens (tertiary/aromatic N) is 1. The van der Waals surface area contributed by atoms with Crippen LogP contribution >= 0.6 is 0 Å². The molecule has 28 heavy (non-hydrogen) atoms. The molecule has 1 N–H and O–H groups in total. The molecule has 4 nitrogen and oxygen atoms in total. The molecule has 0 heterocycles. The summed E-state index contributed by atoms with van der Waals surface area (Å²) in [5.41, 5.74) is 1.09. The highest BCUT2D eigenvalue weighted by atomic mass is 16.3. The van der Waals surface area contributed by atoms with Crippen molar-refractivity contribution in [2.45, 2.75) is 12.0 Å². The number of carbonyl (C=O) groups excluding carboxylic acids is 2. The Balaban J connectivity index is 1.76. The number of hydrogen-bond donors (Lipinski definition) is 1. The van der Waals surface area contributed by atoms with Gasteiger partial charge in [-0.25, -0.2) is 0 Å². The zero-order valence-corrected chi connectivity index (χ0v) is 15.8. The maximum atomic E-state index is 12.2. The Morgan fingerprint density at radius 2 is 1.79 bits per heavy atom. The van der Waals surface area contributed by atoms with Crippen LogP contribution in [0.3, 0.4) is 0 Å². The predicted molar refractivity (Wildman–Crippen MR) is 109 cm³/mol. The van der Waals surface area contributed by atoms with E-state index in [1.807, 2.05) is 30.3 Å². The smallest absolute Gasteiger partial charge is 0.253 e. The van der Waals surface area contributed by atoms with E-state index >= 15 is 0 Å². The number of amides is 1. The van der Waals surface area contributed by atoms with Crippen molar-refractivity contribution < 1.29 is 14.7 Å². The van der Waals surface area contributed by atoms with Gasteiger partial charge < -0.3 is 10.0 Å². The first-order valence-electron chi connectivity index (χ1n) is 8.93. The summed E-state index contributed by atoms with van der Waals surface area (Å²) in [6.45, 7) is 0. The SMILES string of the molecule is CN(C)C(=O)c1ccc(C#CCC2(O)C=CC(=O)/C2=C/c2ccccc2)cc1. The molecule has 0 bridgehead atoms. The van der Waals surface area contributed by atoms with Crippen LogP contribution in [0, 0.1) is 11.8 Å². The monoisotopic (exact) mass is 371 g/mol. The Labute approximate surface area is 164 Å². The van der Waals surface area contributed by atoms with E-state index in [2.05, 4.69) is 11.8 Å². The van der Waals surface area contributed by atoms with Gasteiger partial charge in [0.2, 0.25) is 0 Å². The summed E-state index contributed by atoms with van der Waals surface area (Å²) < 4.78 is 0. The summed E-state index contributed by atoms with van der Waals surface area (Å²) in [4.78, 5) is 25.6. The van der Waals surface area contributed by atoms with Gasteiger partial charge in [0.15, 0.2) is 5.78 Å². The number of carbonyl (C=O) groups is 2. The van der Waals surface area contributed by atoms with Crippen LogP contribution in [0.1, 0.15) is 27.9 Å². The topological polar surface area (TPSA) is 57.6 Å². The summed E-state index contributed by atoms with van der Waals surface area (Å²) in [5.74, 6) is 5.66. The summed E-state index contributed by atoms with van der Waals surface area (Å²) in [7, 11) is 3.40. The lowest BCUT2D eigenvalue weighted by Crippen LogP contribution is -2.27. The third-order valence-corrected chi connectivity index (χ3v) is 4.48. The molecule has 140 valence electrons. The highest BCUT2D eigenvalue weighted by molar-refractivity contribution is 6.12. The highest BCUT2D eigenvalue weighted by Gasteiger charge is 2.36. The molecule has 1 unspecified atom stereocenters. The van der Waals surface area contributed by atoms with Gasteiger partial charge in [0.1, 0.15) is 5.60 Å². The van der Waals surface area contributed by atoms with Gasteiger partial charge in [0.05, 0.1) is 0 Å². The molecule has 1 amide bonds. The second kappa shape index (κ2) is 8.08. The van der Waals surface area contributed by atoms with E-state index in [4.69, 9.17) is 0 Å². The number of hydrogen-bond acceptors (Lipinski definition) is 3. The van der Waals surface area contributed by atoms with Gasteiger partial charge in [-0.3, -0.25) is 9.59 Å². The average Bonchev–Trinajstić information content (AvgIpc) is 2.97. The van der Waals surface area contributed by atoms with Crippen molar-refractivity contribution >= 4 is 17.8 Å². The van der Waals surface area contributed by atoms with Crippen LogP contribution in [0.2, 0.25) is 0 Å². The molecule has 1 atom stereocenters. The first-order chi connectivity index (χ1) is 13.4. The summed E-state index contributed by atoms with van der Waals surface area (Å²) in [6, 6.07) is 16.4. The molecule has 0 radical (unpaired) electrons. The molecule has 1 aliphatic rings. The molecule has 0 saturated heterocycles. The van der Waals surface area contributed by atoms with E-state index in [9.17, 15) is 14.7 Å². The highest BCUT2D eigenvalue weighted by Crippen LogP contribution is 2.31. The summed E-state index contributed by atoms with van der Waals surface area (Å²) in [6.07, 6.45) is 4.69. The van der Waals surface area contributed by atoms with Crippen molar-refractivity contribution in [2.75, 3.05) is 14.1 Å². The van der Waals surface area contributed by atoms with E-state index in [0.717, 1.165) is 11.1 Å². The number of benzene rings is 2. The Kier molecular flexibility index (Phi) is 5.58. The molecule has 2 aromatic carbocycles. The lowest BCUT2D eigenvalue weighted by Gasteiger charge is -2.19. The summed E-state index contributed by atoms with van der Waals surface area (Å²) in [5, 5.41) is 10.9. The quantitative estimate of drug-likeness (QED) is 0.666. The van der Waals surface area contributed by atoms with Crippen molar-refractivity contribution in [3.05, 3.63) is 89.0 Å². The molecular formula is C24H21NO3. The van der Waals surface area contributed by atoms with Gasteiger partial charge in [-0.05, 0) is 48.1 Å². The fourth-order valence-corrected chi connectivity index (χ4v) is 2.91. The molecule has 0 spiro atoms. The fraction of sp³-hybridized carbons (Fsp3) is 0.167. The first kappa shape index (κ1) is 19.3. The largest absolute Gasteiger partial charge is 0.380 e. The zero-order valence-electron chi connectivity index (χ0n) is 15.8. The average molecular weight is 371 g/mol. The van der Waals surface area contributed by atoms with Crippen molar-refractivity contribution in [1.29, 1.82) is 0 Å². The third-order valence-electron chi connectivity index (χ3n) is 4.48. The molecule has 0 aromatic heterocycles. The van der Waals surface area contributed by atoms with Crippen LogP contribution in [0.25, 0.3) is 6.08 Å². The Hall–Kier alpha value is -3.42. The number of rotatable bonds is 3. The third kappa shape index (κ3) is 4.28. The van der Waals surface area contributed by atoms with Crippen LogP contribution in [0.5, 0.6) is 0 Å². The molecule has 0 saturated carbocycles. The van der Waals surface area contributed by atoms with Crippen LogP contribution < -0.4 is 0 Å². The number of aliphatic hydroxyl groups is 1. The lowest BCUT2D eigenvalue weighted by atomic mass is 9.91. The predicted octanol–water partition coefficient (Wildman–Crippen LogP) is 3.08. The van der Waals surface area contributed by atoms with Gasteiger partial charge in [0.25, 0.3) is 5.91 Å². The standard InChI is InChI=1S/C24H21NO3/c1-25(2)23(27)20-12-10-18(11-13-20)9-6-15-24(28)16-14-22(26)21(24)17-19-7-4-3-5-8-19/h3-5,7-8,10-14,16-17,28H,15H2,1-2H3/b21-17-. The van der Waals surface area contributed by atoms with Crippen LogP contribution in [0.4, 0.5) is 0 Å². The van der Waals surface area contributed by atoms with Crippen molar-refractivity contribution in [3.63, 3.8) is 0 Å². The second-order valence-electron chi connectivity index (χ2n) is 6.85. The van der Waals surface area contributed by atoms with E-state index in [1.165, 1.54) is 17.1 Å². The van der Waals surface area contributed by atoms with E-state index in [0.29, 0.717) is 11.1 Å². The van der Waals surface area contributed by atoms with Crippen LogP contribution in [-0.2, 0) is 4.79 Å². The van der Waals surface area contributed by atoms with E-state index in [-0.39, 0.29) is 18.1 Å². The Morgan fingerprint density at radius 3 is 2.43 bits per heavy atom. The molecule has 3 rings (SSSR count). The maximum absolute atomic E-state index is 12.2. The number of ketones is 1. The lowest BCUT2D eigenvalue weighted by molar-refractivity contribution is -0.111. The Morgan fingerprint density at radius 1 is 1.11 bits per heavy atom. The van der Waals surface area contributed by atoms with Crippen LogP contribution in [-0.4, -0.2) is 41.4 Å². The second-order valence-corrected chi connectivity index (χ2v) is 6.85. The van der Waals surface area contributed by atoms with Gasteiger partial charge in [0, 0.05) is 37.2 Å². The fourth-order valence-electron chi connectivity index (χ4n) is 2.91. The molecule has 1 aliphatic carbocycles. The van der Waals surface area contributed by atoms with Crippen molar-refractivity contribution in [2.24, 2.45) is 0 Å².